The molecule has 0 aliphatic heterocycles. The lowest BCUT2D eigenvalue weighted by Gasteiger charge is -2.18. The van der Waals surface area contributed by atoms with Crippen molar-refractivity contribution in [3.8, 4) is 28.8 Å². The molecule has 8 nitrogen and oxygen atoms in total. The lowest BCUT2D eigenvalue weighted by atomic mass is 10.1. The van der Waals surface area contributed by atoms with Gasteiger partial charge in [-0.15, -0.1) is 6.58 Å². The molecule has 8 heteroatoms. The average Bonchev–Trinajstić information content (AvgIpc) is 3.38. The van der Waals surface area contributed by atoms with Crippen molar-refractivity contribution in [2.24, 2.45) is 5.10 Å². The summed E-state index contributed by atoms with van der Waals surface area (Å²) < 4.78 is 24.5. The Hall–Kier alpha value is -4.85. The van der Waals surface area contributed by atoms with Gasteiger partial charge < -0.3 is 18.6 Å². The van der Waals surface area contributed by atoms with Gasteiger partial charge in [-0.1, -0.05) is 24.3 Å². The van der Waals surface area contributed by atoms with Gasteiger partial charge in [-0.25, -0.2) is 4.98 Å². The van der Waals surface area contributed by atoms with E-state index in [-0.39, 0.29) is 17.5 Å². The molecule has 0 bridgehead atoms. The molecule has 0 saturated heterocycles. The highest BCUT2D eigenvalue weighted by atomic mass is 16.5. The highest BCUT2D eigenvalue weighted by Gasteiger charge is 2.18. The van der Waals surface area contributed by atoms with Crippen molar-refractivity contribution in [2.75, 3.05) is 14.2 Å². The van der Waals surface area contributed by atoms with Crippen LogP contribution < -0.4 is 19.8 Å². The van der Waals surface area contributed by atoms with Crippen LogP contribution in [0.15, 0.2) is 87.6 Å². The number of fused-ring (bicyclic) bond motifs is 2. The Labute approximate surface area is 225 Å². The van der Waals surface area contributed by atoms with Gasteiger partial charge in [0.15, 0.2) is 17.3 Å². The Bertz CT molecular complexity index is 1760. The molecule has 3 aromatic carbocycles. The largest absolute Gasteiger partial charge is 0.496 e. The summed E-state index contributed by atoms with van der Waals surface area (Å²) in [7, 11) is 3.19. The van der Waals surface area contributed by atoms with Gasteiger partial charge >= 0.3 is 0 Å². The molecule has 0 fully saturated rings. The highest BCUT2D eigenvalue weighted by Crippen LogP contribution is 2.35. The third-order valence-corrected chi connectivity index (χ3v) is 6.13. The predicted molar refractivity (Wildman–Crippen MR) is 153 cm³/mol. The Morgan fingerprint density at radius 3 is 2.56 bits per heavy atom. The smallest absolute Gasteiger partial charge is 0.282 e. The minimum atomic E-state index is -0.322. The van der Waals surface area contributed by atoms with Crippen molar-refractivity contribution in [3.05, 3.63) is 94.8 Å². The zero-order valence-electron chi connectivity index (χ0n) is 22.3. The van der Waals surface area contributed by atoms with Gasteiger partial charge in [0.1, 0.15) is 11.3 Å². The Balaban J connectivity index is 1.68. The number of allylic oxidation sites excluding steroid dienone is 1. The fourth-order valence-corrected chi connectivity index (χ4v) is 4.42. The number of nitrogens with zero attached hydrogens (tertiary/aromatic N) is 3. The van der Waals surface area contributed by atoms with Crippen LogP contribution in [0.4, 0.5) is 0 Å². The van der Waals surface area contributed by atoms with Crippen molar-refractivity contribution in [2.45, 2.75) is 26.4 Å². The van der Waals surface area contributed by atoms with Crippen molar-refractivity contribution < 1.29 is 18.6 Å². The molecule has 198 valence electrons. The third kappa shape index (κ3) is 5.01. The minimum absolute atomic E-state index is 0.0331. The number of methoxy groups -OCH3 is 2. The monoisotopic (exact) mass is 523 g/mol. The summed E-state index contributed by atoms with van der Waals surface area (Å²) >= 11 is 0. The number of para-hydroxylation sites is 1. The van der Waals surface area contributed by atoms with E-state index >= 15 is 0 Å². The van der Waals surface area contributed by atoms with Crippen LogP contribution in [0, 0.1) is 0 Å². The molecule has 39 heavy (non-hydrogen) atoms. The molecule has 0 N–H and O–H groups in total. The van der Waals surface area contributed by atoms with E-state index in [1.54, 1.807) is 50.8 Å². The van der Waals surface area contributed by atoms with Crippen LogP contribution in [0.1, 0.15) is 25.0 Å². The summed E-state index contributed by atoms with van der Waals surface area (Å²) in [6.45, 7) is 7.79. The van der Waals surface area contributed by atoms with Crippen molar-refractivity contribution in [3.63, 3.8) is 0 Å². The first-order valence-electron chi connectivity index (χ1n) is 12.5. The van der Waals surface area contributed by atoms with Gasteiger partial charge in [0.05, 0.1) is 42.8 Å². The highest BCUT2D eigenvalue weighted by molar-refractivity contribution is 5.89. The minimum Gasteiger partial charge on any atom is -0.496 e. The van der Waals surface area contributed by atoms with Crippen LogP contribution in [-0.2, 0) is 6.42 Å². The van der Waals surface area contributed by atoms with Crippen LogP contribution in [0.3, 0.4) is 0 Å². The zero-order chi connectivity index (χ0) is 27.5. The summed E-state index contributed by atoms with van der Waals surface area (Å²) in [5.74, 6) is 2.54. The SMILES string of the molecule is C=CCc1cc(C=Nn2c(-c3cc4c(OC)cccc4o3)nc3ccccc3c2=O)cc(OC)c1OC(C)C. The van der Waals surface area contributed by atoms with Gasteiger partial charge in [0.25, 0.3) is 5.56 Å². The van der Waals surface area contributed by atoms with E-state index in [2.05, 4.69) is 11.7 Å². The molecule has 5 rings (SSSR count). The molecule has 2 aromatic heterocycles. The van der Waals surface area contributed by atoms with E-state index in [1.165, 1.54) is 4.68 Å². The van der Waals surface area contributed by atoms with Crippen LogP contribution >= 0.6 is 0 Å². The standard InChI is InChI=1S/C31H29N3O5/c1-6-10-21-15-20(16-27(37-5)29(21)38-19(2)3)18-32-34-30(33-24-12-8-7-11-22(24)31(34)35)28-17-23-25(36-4)13-9-14-26(23)39-28/h6-9,11-19H,1,10H2,2-5H3. The lowest BCUT2D eigenvalue weighted by Crippen LogP contribution is -2.20. The molecule has 0 amide bonds. The molecule has 0 radical (unpaired) electrons. The maximum atomic E-state index is 13.6. The van der Waals surface area contributed by atoms with Crippen molar-refractivity contribution in [1.29, 1.82) is 0 Å². The molecule has 0 aliphatic carbocycles. The summed E-state index contributed by atoms with van der Waals surface area (Å²) in [5, 5.41) is 5.80. The van der Waals surface area contributed by atoms with Crippen LogP contribution in [0.5, 0.6) is 17.2 Å². The van der Waals surface area contributed by atoms with Gasteiger partial charge in [-0.3, -0.25) is 4.79 Å². The average molecular weight is 524 g/mol. The molecule has 0 spiro atoms. The van der Waals surface area contributed by atoms with E-state index in [1.807, 2.05) is 50.2 Å². The number of aromatic nitrogens is 2. The van der Waals surface area contributed by atoms with Gasteiger partial charge in [-0.05, 0) is 68.3 Å². The summed E-state index contributed by atoms with van der Waals surface area (Å²) in [6.07, 6.45) is 3.94. The Morgan fingerprint density at radius 1 is 1.03 bits per heavy atom. The second-order valence-corrected chi connectivity index (χ2v) is 9.17. The summed E-state index contributed by atoms with van der Waals surface area (Å²) in [4.78, 5) is 18.4. The maximum Gasteiger partial charge on any atom is 0.282 e. The van der Waals surface area contributed by atoms with Gasteiger partial charge in [0, 0.05) is 5.56 Å². The maximum absolute atomic E-state index is 13.6. The molecule has 0 atom stereocenters. The van der Waals surface area contributed by atoms with Crippen molar-refractivity contribution >= 4 is 28.1 Å². The molecular weight excluding hydrogens is 494 g/mol. The van der Waals surface area contributed by atoms with E-state index in [0.717, 1.165) is 16.5 Å². The number of hydrogen-bond donors (Lipinski definition) is 0. The van der Waals surface area contributed by atoms with Crippen LogP contribution in [-0.4, -0.2) is 36.2 Å². The first kappa shape index (κ1) is 25.8. The van der Waals surface area contributed by atoms with E-state index in [4.69, 9.17) is 23.6 Å². The fraction of sp³-hybridized carbons (Fsp3) is 0.194. The number of furan rings is 1. The topological polar surface area (TPSA) is 88.1 Å². The molecule has 5 aromatic rings. The molecule has 0 unspecified atom stereocenters. The van der Waals surface area contributed by atoms with E-state index in [9.17, 15) is 4.79 Å². The first-order valence-corrected chi connectivity index (χ1v) is 12.5. The van der Waals surface area contributed by atoms with E-state index in [0.29, 0.717) is 45.9 Å². The number of rotatable bonds is 9. The van der Waals surface area contributed by atoms with Crippen LogP contribution in [0.25, 0.3) is 33.5 Å². The van der Waals surface area contributed by atoms with Gasteiger partial charge in [0.2, 0.25) is 5.82 Å². The fourth-order valence-electron chi connectivity index (χ4n) is 4.42. The molecule has 0 saturated carbocycles. The molecule has 2 heterocycles. The second kappa shape index (κ2) is 10.9. The van der Waals surface area contributed by atoms with Crippen LogP contribution in [0.2, 0.25) is 0 Å². The summed E-state index contributed by atoms with van der Waals surface area (Å²) in [5.41, 5.74) is 2.45. The first-order chi connectivity index (χ1) is 18.9. The van der Waals surface area contributed by atoms with Crippen molar-refractivity contribution in [1.82, 2.24) is 9.66 Å². The zero-order valence-corrected chi connectivity index (χ0v) is 22.3. The molecule has 0 aliphatic rings. The third-order valence-electron chi connectivity index (χ3n) is 6.13. The van der Waals surface area contributed by atoms with Gasteiger partial charge in [-0.2, -0.15) is 9.78 Å². The lowest BCUT2D eigenvalue weighted by molar-refractivity contribution is 0.228. The quantitative estimate of drug-likeness (QED) is 0.168. The summed E-state index contributed by atoms with van der Waals surface area (Å²) in [6, 6.07) is 18.2. The predicted octanol–water partition coefficient (Wildman–Crippen LogP) is 6.22. The Morgan fingerprint density at radius 2 is 1.82 bits per heavy atom. The molecular formula is C31H29N3O5. The normalized spacial score (nSPS) is 11.5. The number of ether oxygens (including phenoxy) is 3. The Kier molecular flexibility index (Phi) is 7.19. The van der Waals surface area contributed by atoms with E-state index < -0.39 is 0 Å². The second-order valence-electron chi connectivity index (χ2n) is 9.17. The number of hydrogen-bond acceptors (Lipinski definition) is 7. The number of benzene rings is 3.